The maximum Gasteiger partial charge on any atom is 0.273 e. The summed E-state index contributed by atoms with van der Waals surface area (Å²) < 4.78 is 0. The molecule has 0 unspecified atom stereocenters. The highest BCUT2D eigenvalue weighted by Gasteiger charge is 2.10. The highest BCUT2D eigenvalue weighted by atomic mass is 16.2. The van der Waals surface area contributed by atoms with Gasteiger partial charge in [-0.15, -0.1) is 0 Å². The Morgan fingerprint density at radius 3 is 2.88 bits per heavy atom. The molecule has 0 aliphatic carbocycles. The van der Waals surface area contributed by atoms with Crippen LogP contribution in [0.3, 0.4) is 0 Å². The molecule has 2 N–H and O–H groups in total. The number of carbonyl (C=O) groups is 2. The lowest BCUT2D eigenvalue weighted by Gasteiger charge is -2.05. The molecule has 5 nitrogen and oxygen atoms in total. The molecule has 0 bridgehead atoms. The standard InChI is InChI=1S/C12H11N3O2/c1-8-3-2-6-13-11(8)15-12(17)10-5-4-9(7-16)14-10/h2-7,14H,1H3,(H,13,15,17). The molecule has 2 rings (SSSR count). The number of pyridine rings is 1. The summed E-state index contributed by atoms with van der Waals surface area (Å²) in [6, 6.07) is 6.75. The molecular formula is C12H11N3O2. The Balaban J connectivity index is 2.17. The average molecular weight is 229 g/mol. The van der Waals surface area contributed by atoms with Gasteiger partial charge in [-0.1, -0.05) is 6.07 Å². The van der Waals surface area contributed by atoms with E-state index in [9.17, 15) is 9.59 Å². The van der Waals surface area contributed by atoms with E-state index in [1.54, 1.807) is 24.4 Å². The van der Waals surface area contributed by atoms with E-state index in [4.69, 9.17) is 0 Å². The van der Waals surface area contributed by atoms with Gasteiger partial charge < -0.3 is 10.3 Å². The van der Waals surface area contributed by atoms with Gasteiger partial charge in [0.15, 0.2) is 6.29 Å². The predicted octanol–water partition coefficient (Wildman–Crippen LogP) is 1.78. The van der Waals surface area contributed by atoms with Gasteiger partial charge in [0.1, 0.15) is 11.5 Å². The minimum Gasteiger partial charge on any atom is -0.348 e. The molecule has 0 atom stereocenters. The summed E-state index contributed by atoms with van der Waals surface area (Å²) in [5, 5.41) is 2.67. The van der Waals surface area contributed by atoms with Crippen LogP contribution < -0.4 is 5.32 Å². The average Bonchev–Trinajstić information content (AvgIpc) is 2.81. The van der Waals surface area contributed by atoms with Gasteiger partial charge in [-0.05, 0) is 30.7 Å². The molecule has 17 heavy (non-hydrogen) atoms. The molecule has 86 valence electrons. The fourth-order valence-electron chi connectivity index (χ4n) is 1.40. The molecule has 0 saturated heterocycles. The molecule has 2 heterocycles. The van der Waals surface area contributed by atoms with Crippen LogP contribution in [0, 0.1) is 6.92 Å². The third-order valence-electron chi connectivity index (χ3n) is 2.32. The molecule has 1 amide bonds. The van der Waals surface area contributed by atoms with Crippen molar-refractivity contribution in [3.05, 3.63) is 47.4 Å². The van der Waals surface area contributed by atoms with Crippen molar-refractivity contribution in [2.24, 2.45) is 0 Å². The normalized spacial score (nSPS) is 9.94. The number of aryl methyl sites for hydroxylation is 1. The van der Waals surface area contributed by atoms with E-state index >= 15 is 0 Å². The van der Waals surface area contributed by atoms with Crippen LogP contribution in [0.1, 0.15) is 26.5 Å². The summed E-state index contributed by atoms with van der Waals surface area (Å²) in [4.78, 5) is 29.0. The molecule has 2 aromatic heterocycles. The zero-order valence-corrected chi connectivity index (χ0v) is 9.23. The highest BCUT2D eigenvalue weighted by molar-refractivity contribution is 6.03. The van der Waals surface area contributed by atoms with Crippen LogP contribution in [0.25, 0.3) is 0 Å². The van der Waals surface area contributed by atoms with Crippen molar-refractivity contribution >= 4 is 18.0 Å². The molecule has 0 aliphatic heterocycles. The van der Waals surface area contributed by atoms with E-state index in [1.807, 2.05) is 13.0 Å². The second-order valence-electron chi connectivity index (χ2n) is 3.57. The lowest BCUT2D eigenvalue weighted by molar-refractivity contribution is 0.102. The van der Waals surface area contributed by atoms with Crippen LogP contribution >= 0.6 is 0 Å². The van der Waals surface area contributed by atoms with E-state index in [2.05, 4.69) is 15.3 Å². The third kappa shape index (κ3) is 2.39. The lowest BCUT2D eigenvalue weighted by Crippen LogP contribution is -2.14. The molecular weight excluding hydrogens is 218 g/mol. The number of aldehydes is 1. The zero-order valence-electron chi connectivity index (χ0n) is 9.23. The van der Waals surface area contributed by atoms with E-state index in [0.29, 0.717) is 23.5 Å². The van der Waals surface area contributed by atoms with Crippen molar-refractivity contribution in [1.82, 2.24) is 9.97 Å². The van der Waals surface area contributed by atoms with Crippen molar-refractivity contribution in [2.45, 2.75) is 6.92 Å². The van der Waals surface area contributed by atoms with Crippen molar-refractivity contribution in [1.29, 1.82) is 0 Å². The van der Waals surface area contributed by atoms with Crippen LogP contribution in [0.5, 0.6) is 0 Å². The first-order valence-corrected chi connectivity index (χ1v) is 5.08. The third-order valence-corrected chi connectivity index (χ3v) is 2.32. The fraction of sp³-hybridized carbons (Fsp3) is 0.0833. The first-order chi connectivity index (χ1) is 8.20. The van der Waals surface area contributed by atoms with Crippen LogP contribution in [-0.2, 0) is 0 Å². The number of hydrogen-bond acceptors (Lipinski definition) is 3. The maximum absolute atomic E-state index is 11.8. The summed E-state index contributed by atoms with van der Waals surface area (Å²) in [6.45, 7) is 1.86. The molecule has 0 aliphatic rings. The Bertz CT molecular complexity index is 560. The van der Waals surface area contributed by atoms with E-state index in [-0.39, 0.29) is 5.91 Å². The maximum atomic E-state index is 11.8. The largest absolute Gasteiger partial charge is 0.348 e. The summed E-state index contributed by atoms with van der Waals surface area (Å²) in [7, 11) is 0. The minimum atomic E-state index is -0.320. The number of aromatic amines is 1. The molecule has 5 heteroatoms. The molecule has 0 fully saturated rings. The van der Waals surface area contributed by atoms with Gasteiger partial charge in [-0.3, -0.25) is 9.59 Å². The van der Waals surface area contributed by atoms with E-state index in [1.165, 1.54) is 0 Å². The Kier molecular flexibility index (Phi) is 3.00. The van der Waals surface area contributed by atoms with Crippen molar-refractivity contribution in [2.75, 3.05) is 5.32 Å². The molecule has 0 radical (unpaired) electrons. The summed E-state index contributed by atoms with van der Waals surface area (Å²) in [5.74, 6) is 0.194. The van der Waals surface area contributed by atoms with Crippen molar-refractivity contribution in [3.63, 3.8) is 0 Å². The van der Waals surface area contributed by atoms with Gasteiger partial charge in [-0.2, -0.15) is 0 Å². The van der Waals surface area contributed by atoms with Gasteiger partial charge in [0, 0.05) is 6.20 Å². The monoisotopic (exact) mass is 229 g/mol. The summed E-state index contributed by atoms with van der Waals surface area (Å²) in [6.07, 6.45) is 2.26. The quantitative estimate of drug-likeness (QED) is 0.788. The summed E-state index contributed by atoms with van der Waals surface area (Å²) >= 11 is 0. The summed E-state index contributed by atoms with van der Waals surface area (Å²) in [5.41, 5.74) is 1.58. The highest BCUT2D eigenvalue weighted by Crippen LogP contribution is 2.11. The number of amides is 1. The lowest BCUT2D eigenvalue weighted by atomic mass is 10.3. The van der Waals surface area contributed by atoms with Crippen molar-refractivity contribution < 1.29 is 9.59 Å². The zero-order chi connectivity index (χ0) is 12.3. The van der Waals surface area contributed by atoms with Crippen LogP contribution in [-0.4, -0.2) is 22.2 Å². The topological polar surface area (TPSA) is 74.8 Å². The Hall–Kier alpha value is -2.43. The SMILES string of the molecule is Cc1cccnc1NC(=O)c1ccc(C=O)[nH]1. The Morgan fingerprint density at radius 1 is 1.41 bits per heavy atom. The van der Waals surface area contributed by atoms with Gasteiger partial charge in [0.2, 0.25) is 0 Å². The first-order valence-electron chi connectivity index (χ1n) is 5.08. The fourth-order valence-corrected chi connectivity index (χ4v) is 1.40. The number of rotatable bonds is 3. The minimum absolute atomic E-state index is 0.320. The Labute approximate surface area is 97.9 Å². The molecule has 0 spiro atoms. The second kappa shape index (κ2) is 4.61. The van der Waals surface area contributed by atoms with Gasteiger partial charge in [0.25, 0.3) is 5.91 Å². The number of nitrogens with zero attached hydrogens (tertiary/aromatic N) is 1. The number of H-pyrrole nitrogens is 1. The smallest absolute Gasteiger partial charge is 0.273 e. The molecule has 0 saturated carbocycles. The predicted molar refractivity (Wildman–Crippen MR) is 63.1 cm³/mol. The Morgan fingerprint density at radius 2 is 2.24 bits per heavy atom. The molecule has 0 aromatic carbocycles. The van der Waals surface area contributed by atoms with Crippen LogP contribution in [0.4, 0.5) is 5.82 Å². The van der Waals surface area contributed by atoms with E-state index in [0.717, 1.165) is 5.56 Å². The molecule has 2 aromatic rings. The number of aromatic nitrogens is 2. The first kappa shape index (κ1) is 11.1. The number of hydrogen-bond donors (Lipinski definition) is 2. The van der Waals surface area contributed by atoms with Crippen LogP contribution in [0.15, 0.2) is 30.5 Å². The number of anilines is 1. The number of nitrogens with one attached hydrogen (secondary N) is 2. The van der Waals surface area contributed by atoms with E-state index < -0.39 is 0 Å². The van der Waals surface area contributed by atoms with Crippen LogP contribution in [0.2, 0.25) is 0 Å². The van der Waals surface area contributed by atoms with Gasteiger partial charge in [0.05, 0.1) is 5.69 Å². The van der Waals surface area contributed by atoms with Crippen molar-refractivity contribution in [3.8, 4) is 0 Å². The van der Waals surface area contributed by atoms with Gasteiger partial charge in [-0.25, -0.2) is 4.98 Å². The van der Waals surface area contributed by atoms with Gasteiger partial charge >= 0.3 is 0 Å². The number of carbonyl (C=O) groups excluding carboxylic acids is 2. The second-order valence-corrected chi connectivity index (χ2v) is 3.57.